The summed E-state index contributed by atoms with van der Waals surface area (Å²) in [4.78, 5) is 0. The summed E-state index contributed by atoms with van der Waals surface area (Å²) >= 11 is 24.6. The van der Waals surface area contributed by atoms with E-state index in [2.05, 4.69) is 5.32 Å². The Morgan fingerprint density at radius 2 is 1.53 bits per heavy atom. The number of benzene rings is 2. The molecule has 0 aromatic heterocycles. The maximum absolute atomic E-state index is 6.31. The third-order valence-electron chi connectivity index (χ3n) is 2.69. The third kappa shape index (κ3) is 3.36. The topological polar surface area (TPSA) is 12.0 Å². The van der Waals surface area contributed by atoms with Crippen molar-refractivity contribution >= 4 is 46.4 Å². The molecule has 19 heavy (non-hydrogen) atoms. The number of halogens is 4. The van der Waals surface area contributed by atoms with Gasteiger partial charge in [0.05, 0.1) is 10.0 Å². The van der Waals surface area contributed by atoms with Gasteiger partial charge in [-0.05, 0) is 30.8 Å². The van der Waals surface area contributed by atoms with Crippen molar-refractivity contribution in [3.05, 3.63) is 56.0 Å². The molecule has 1 N–H and O–H groups in total. The summed E-state index contributed by atoms with van der Waals surface area (Å²) < 4.78 is 0. The van der Waals surface area contributed by atoms with E-state index in [4.69, 9.17) is 46.4 Å². The van der Waals surface area contributed by atoms with Gasteiger partial charge < -0.3 is 5.32 Å². The van der Waals surface area contributed by atoms with Crippen molar-refractivity contribution in [2.45, 2.75) is 6.54 Å². The molecule has 100 valence electrons. The minimum atomic E-state index is 0.487. The molecule has 2 aromatic carbocycles. The van der Waals surface area contributed by atoms with Gasteiger partial charge in [-0.2, -0.15) is 0 Å². The zero-order valence-electron chi connectivity index (χ0n) is 10.1. The van der Waals surface area contributed by atoms with Gasteiger partial charge in [0.1, 0.15) is 0 Å². The van der Waals surface area contributed by atoms with Gasteiger partial charge in [0.25, 0.3) is 0 Å². The smallest absolute Gasteiger partial charge is 0.0514 e. The van der Waals surface area contributed by atoms with Gasteiger partial charge in [-0.3, -0.25) is 0 Å². The lowest BCUT2D eigenvalue weighted by Crippen LogP contribution is -2.04. The Bertz CT molecular complexity index is 587. The van der Waals surface area contributed by atoms with Crippen LogP contribution in [0.4, 0.5) is 0 Å². The van der Waals surface area contributed by atoms with E-state index in [1.54, 1.807) is 12.1 Å². The zero-order valence-corrected chi connectivity index (χ0v) is 13.1. The molecule has 0 fully saturated rings. The van der Waals surface area contributed by atoms with E-state index >= 15 is 0 Å². The Hall–Kier alpha value is -0.440. The molecule has 0 saturated carbocycles. The van der Waals surface area contributed by atoms with Gasteiger partial charge >= 0.3 is 0 Å². The highest BCUT2D eigenvalue weighted by atomic mass is 35.5. The summed E-state index contributed by atoms with van der Waals surface area (Å²) in [5.74, 6) is 0. The molecule has 0 heterocycles. The highest BCUT2D eigenvalue weighted by Gasteiger charge is 2.13. The Balaban J connectivity index is 2.53. The van der Waals surface area contributed by atoms with Gasteiger partial charge in [0.15, 0.2) is 0 Å². The van der Waals surface area contributed by atoms with Gasteiger partial charge in [-0.15, -0.1) is 0 Å². The molecular formula is C14H11Cl4N. The van der Waals surface area contributed by atoms with E-state index in [1.165, 1.54) is 0 Å². The first-order chi connectivity index (χ1) is 9.02. The number of hydrogen-bond acceptors (Lipinski definition) is 1. The van der Waals surface area contributed by atoms with Crippen LogP contribution in [0.3, 0.4) is 0 Å². The molecule has 1 nitrogen and oxygen atoms in total. The van der Waals surface area contributed by atoms with Crippen molar-refractivity contribution in [3.63, 3.8) is 0 Å². The minimum absolute atomic E-state index is 0.487. The van der Waals surface area contributed by atoms with Crippen molar-refractivity contribution in [1.82, 2.24) is 5.32 Å². The molecule has 0 unspecified atom stereocenters. The highest BCUT2D eigenvalue weighted by Crippen LogP contribution is 2.40. The van der Waals surface area contributed by atoms with Crippen LogP contribution < -0.4 is 5.32 Å². The highest BCUT2D eigenvalue weighted by molar-refractivity contribution is 6.43. The van der Waals surface area contributed by atoms with E-state index in [0.717, 1.165) is 17.7 Å². The van der Waals surface area contributed by atoms with Gasteiger partial charge in [0, 0.05) is 27.7 Å². The van der Waals surface area contributed by atoms with Crippen molar-refractivity contribution in [2.24, 2.45) is 0 Å². The van der Waals surface area contributed by atoms with Crippen molar-refractivity contribution in [1.29, 1.82) is 0 Å². The maximum atomic E-state index is 6.31. The Kier molecular flexibility index (Phi) is 4.99. The lowest BCUT2D eigenvalue weighted by molar-refractivity contribution is 0.818. The predicted molar refractivity (Wildman–Crippen MR) is 84.7 cm³/mol. The fraction of sp³-hybridized carbons (Fsp3) is 0.143. The maximum Gasteiger partial charge on any atom is 0.0514 e. The van der Waals surface area contributed by atoms with Crippen LogP contribution in [0.1, 0.15) is 5.56 Å². The molecular weight excluding hydrogens is 324 g/mol. The van der Waals surface area contributed by atoms with Crippen LogP contribution in [-0.2, 0) is 6.54 Å². The standard InChI is InChI=1S/C14H11Cl4N/c1-19-7-8-2-3-10(11(16)4-8)14-12(17)5-9(15)6-13(14)18/h2-6,19H,7H2,1H3. The van der Waals surface area contributed by atoms with Crippen molar-refractivity contribution in [3.8, 4) is 11.1 Å². The fourth-order valence-corrected chi connectivity index (χ4v) is 3.19. The molecule has 0 aliphatic heterocycles. The van der Waals surface area contributed by atoms with Crippen LogP contribution in [0.2, 0.25) is 20.1 Å². The Labute approximate surface area is 132 Å². The van der Waals surface area contributed by atoms with Crippen molar-refractivity contribution in [2.75, 3.05) is 7.05 Å². The van der Waals surface area contributed by atoms with Gasteiger partial charge in [-0.1, -0.05) is 58.5 Å². The molecule has 5 heteroatoms. The Morgan fingerprint density at radius 3 is 2.05 bits per heavy atom. The molecule has 2 aromatic rings. The number of hydrogen-bond donors (Lipinski definition) is 1. The van der Waals surface area contributed by atoms with E-state index in [-0.39, 0.29) is 0 Å². The summed E-state index contributed by atoms with van der Waals surface area (Å²) in [6, 6.07) is 9.11. The molecule has 0 aliphatic rings. The lowest BCUT2D eigenvalue weighted by atomic mass is 10.0. The summed E-state index contributed by atoms with van der Waals surface area (Å²) in [7, 11) is 1.88. The van der Waals surface area contributed by atoms with E-state index in [0.29, 0.717) is 25.7 Å². The summed E-state index contributed by atoms with van der Waals surface area (Å²) in [5, 5.41) is 5.16. The summed E-state index contributed by atoms with van der Waals surface area (Å²) in [6.45, 7) is 0.752. The molecule has 0 saturated heterocycles. The summed E-state index contributed by atoms with van der Waals surface area (Å²) in [6.07, 6.45) is 0. The second-order valence-corrected chi connectivity index (χ2v) is 5.75. The van der Waals surface area contributed by atoms with Crippen LogP contribution >= 0.6 is 46.4 Å². The van der Waals surface area contributed by atoms with Crippen LogP contribution in [-0.4, -0.2) is 7.05 Å². The largest absolute Gasteiger partial charge is 0.316 e. The monoisotopic (exact) mass is 333 g/mol. The zero-order chi connectivity index (χ0) is 14.0. The molecule has 0 spiro atoms. The summed E-state index contributed by atoms with van der Waals surface area (Å²) in [5.41, 5.74) is 2.60. The second kappa shape index (κ2) is 6.34. The SMILES string of the molecule is CNCc1ccc(-c2c(Cl)cc(Cl)cc2Cl)c(Cl)c1. The molecule has 2 rings (SSSR count). The average molecular weight is 335 g/mol. The first-order valence-electron chi connectivity index (χ1n) is 5.61. The Morgan fingerprint density at radius 1 is 0.895 bits per heavy atom. The van der Waals surface area contributed by atoms with E-state index < -0.39 is 0 Å². The second-order valence-electron chi connectivity index (χ2n) is 4.09. The molecule has 0 aliphatic carbocycles. The fourth-order valence-electron chi connectivity index (χ4n) is 1.87. The van der Waals surface area contributed by atoms with Crippen LogP contribution in [0.5, 0.6) is 0 Å². The molecule has 0 radical (unpaired) electrons. The van der Waals surface area contributed by atoms with Gasteiger partial charge in [0.2, 0.25) is 0 Å². The normalized spacial score (nSPS) is 10.8. The first kappa shape index (κ1) is 15.0. The van der Waals surface area contributed by atoms with Crippen LogP contribution in [0.15, 0.2) is 30.3 Å². The van der Waals surface area contributed by atoms with E-state index in [1.807, 2.05) is 25.2 Å². The first-order valence-corrected chi connectivity index (χ1v) is 7.12. The number of nitrogens with one attached hydrogen (secondary N) is 1. The van der Waals surface area contributed by atoms with Crippen LogP contribution in [0, 0.1) is 0 Å². The average Bonchev–Trinajstić information content (AvgIpc) is 2.31. The molecule has 0 atom stereocenters. The quantitative estimate of drug-likeness (QED) is 0.760. The lowest BCUT2D eigenvalue weighted by Gasteiger charge is -2.11. The predicted octanol–water partition coefficient (Wildman–Crippen LogP) is 5.69. The minimum Gasteiger partial charge on any atom is -0.316 e. The van der Waals surface area contributed by atoms with E-state index in [9.17, 15) is 0 Å². The van der Waals surface area contributed by atoms with Crippen LogP contribution in [0.25, 0.3) is 11.1 Å². The molecule has 0 amide bonds. The third-order valence-corrected chi connectivity index (χ3v) is 3.82. The molecule has 0 bridgehead atoms. The van der Waals surface area contributed by atoms with Gasteiger partial charge in [-0.25, -0.2) is 0 Å². The number of rotatable bonds is 3. The van der Waals surface area contributed by atoms with Crippen molar-refractivity contribution < 1.29 is 0 Å².